The van der Waals surface area contributed by atoms with E-state index >= 15 is 0 Å². The summed E-state index contributed by atoms with van der Waals surface area (Å²) in [5, 5.41) is 3.07. The van der Waals surface area contributed by atoms with Crippen LogP contribution in [0.1, 0.15) is 26.3 Å². The Morgan fingerprint density at radius 3 is 2.25 bits per heavy atom. The van der Waals surface area contributed by atoms with Gasteiger partial charge in [0.2, 0.25) is 0 Å². The number of nitrogens with one attached hydrogen (secondary N) is 1. The van der Waals surface area contributed by atoms with Gasteiger partial charge in [-0.25, -0.2) is 8.78 Å². The Hall–Kier alpha value is -1.20. The molecule has 1 N–H and O–H groups in total. The van der Waals surface area contributed by atoms with Crippen molar-refractivity contribution in [3.05, 3.63) is 29.3 Å². The molecule has 2 rings (SSSR count). The van der Waals surface area contributed by atoms with Crippen molar-refractivity contribution in [3.63, 3.8) is 0 Å². The van der Waals surface area contributed by atoms with Gasteiger partial charge in [-0.15, -0.1) is 0 Å². The lowest BCUT2D eigenvalue weighted by atomic mass is 10.1. The average Bonchev–Trinajstić information content (AvgIpc) is 2.34. The van der Waals surface area contributed by atoms with E-state index in [1.807, 2.05) is 20.8 Å². The van der Waals surface area contributed by atoms with Gasteiger partial charge in [0.05, 0.1) is 12.2 Å². The monoisotopic (exact) mass is 284 g/mol. The first-order valence-corrected chi connectivity index (χ1v) is 7.10. The van der Waals surface area contributed by atoms with Crippen LogP contribution in [0.15, 0.2) is 12.1 Å². The maximum Gasteiger partial charge on any atom is 0.149 e. The summed E-state index contributed by atoms with van der Waals surface area (Å²) in [6, 6.07) is 2.82. The molecule has 0 aromatic heterocycles. The molecule has 1 fully saturated rings. The van der Waals surface area contributed by atoms with E-state index in [1.165, 1.54) is 12.1 Å². The first kappa shape index (κ1) is 15.2. The number of anilines is 1. The van der Waals surface area contributed by atoms with Crippen LogP contribution in [0.3, 0.4) is 0 Å². The average molecular weight is 284 g/mol. The van der Waals surface area contributed by atoms with Gasteiger partial charge in [0.25, 0.3) is 0 Å². The number of rotatable bonds is 4. The molecule has 2 atom stereocenters. The van der Waals surface area contributed by atoms with Crippen molar-refractivity contribution >= 4 is 5.69 Å². The van der Waals surface area contributed by atoms with Crippen LogP contribution in [0.5, 0.6) is 0 Å². The molecule has 1 aromatic carbocycles. The van der Waals surface area contributed by atoms with Crippen molar-refractivity contribution < 1.29 is 13.5 Å². The highest BCUT2D eigenvalue weighted by Crippen LogP contribution is 2.28. The van der Waals surface area contributed by atoms with E-state index in [2.05, 4.69) is 5.32 Å². The molecule has 0 amide bonds. The van der Waals surface area contributed by atoms with Crippen molar-refractivity contribution in [2.45, 2.75) is 39.5 Å². The summed E-state index contributed by atoms with van der Waals surface area (Å²) in [4.78, 5) is 1.74. The van der Waals surface area contributed by atoms with Crippen molar-refractivity contribution in [1.82, 2.24) is 5.32 Å². The van der Waals surface area contributed by atoms with Crippen molar-refractivity contribution in [3.8, 4) is 0 Å². The minimum Gasteiger partial charge on any atom is -0.372 e. The van der Waals surface area contributed by atoms with Gasteiger partial charge in [-0.1, -0.05) is 6.92 Å². The van der Waals surface area contributed by atoms with E-state index < -0.39 is 11.6 Å². The Balaban J connectivity index is 2.23. The highest BCUT2D eigenvalue weighted by atomic mass is 19.1. The molecule has 3 nitrogen and oxygen atoms in total. The predicted molar refractivity (Wildman–Crippen MR) is 76.0 cm³/mol. The fourth-order valence-electron chi connectivity index (χ4n) is 2.65. The maximum absolute atomic E-state index is 14.2. The summed E-state index contributed by atoms with van der Waals surface area (Å²) in [6.45, 7) is 8.03. The van der Waals surface area contributed by atoms with Gasteiger partial charge in [0.15, 0.2) is 0 Å². The fourth-order valence-corrected chi connectivity index (χ4v) is 2.65. The normalized spacial score (nSPS) is 23.1. The van der Waals surface area contributed by atoms with E-state index in [4.69, 9.17) is 4.74 Å². The van der Waals surface area contributed by atoms with Crippen LogP contribution in [-0.4, -0.2) is 31.8 Å². The van der Waals surface area contributed by atoms with Gasteiger partial charge in [-0.3, -0.25) is 0 Å². The van der Waals surface area contributed by atoms with Crippen molar-refractivity contribution in [2.75, 3.05) is 24.5 Å². The molecule has 1 aliphatic rings. The first-order chi connectivity index (χ1) is 9.51. The van der Waals surface area contributed by atoms with E-state index in [1.54, 1.807) is 4.90 Å². The molecule has 112 valence electrons. The number of halogens is 2. The van der Waals surface area contributed by atoms with Crippen LogP contribution in [0.25, 0.3) is 0 Å². The second kappa shape index (κ2) is 6.50. The first-order valence-electron chi connectivity index (χ1n) is 7.10. The molecule has 1 aliphatic heterocycles. The molecule has 0 bridgehead atoms. The largest absolute Gasteiger partial charge is 0.372 e. The summed E-state index contributed by atoms with van der Waals surface area (Å²) in [6.07, 6.45) is -0.0574. The van der Waals surface area contributed by atoms with E-state index in [-0.39, 0.29) is 17.9 Å². The highest BCUT2D eigenvalue weighted by molar-refractivity contribution is 5.51. The molecule has 0 saturated carbocycles. The lowest BCUT2D eigenvalue weighted by Gasteiger charge is -2.37. The van der Waals surface area contributed by atoms with Gasteiger partial charge >= 0.3 is 0 Å². The summed E-state index contributed by atoms with van der Waals surface area (Å²) in [5.41, 5.74) is 0.687. The Bertz CT molecular complexity index is 434. The van der Waals surface area contributed by atoms with E-state index in [0.717, 1.165) is 6.54 Å². The zero-order valence-corrected chi connectivity index (χ0v) is 12.2. The molecule has 1 saturated heterocycles. The van der Waals surface area contributed by atoms with Gasteiger partial charge in [-0.05, 0) is 38.1 Å². The van der Waals surface area contributed by atoms with Gasteiger partial charge in [0.1, 0.15) is 17.3 Å². The molecule has 1 aromatic rings. The smallest absolute Gasteiger partial charge is 0.149 e. The number of hydrogen-bond donors (Lipinski definition) is 1. The maximum atomic E-state index is 14.2. The summed E-state index contributed by atoms with van der Waals surface area (Å²) < 4.78 is 34.1. The molecule has 0 radical (unpaired) electrons. The number of nitrogens with zero attached hydrogens (tertiary/aromatic N) is 1. The Morgan fingerprint density at radius 1 is 1.20 bits per heavy atom. The number of morpholine rings is 1. The van der Waals surface area contributed by atoms with Crippen LogP contribution in [0.4, 0.5) is 14.5 Å². The third kappa shape index (κ3) is 3.46. The standard InChI is InChI=1S/C15H22F2N2O/c1-4-18-7-12-5-13(16)15(14(17)6-12)19-8-10(2)20-11(3)9-19/h5-6,10-11,18H,4,7-9H2,1-3H3/t10-,11+. The Kier molecular flexibility index (Phi) is 4.94. The van der Waals surface area contributed by atoms with Gasteiger partial charge in [0, 0.05) is 19.6 Å². The third-order valence-corrected chi connectivity index (χ3v) is 3.39. The molecule has 1 heterocycles. The van der Waals surface area contributed by atoms with Crippen molar-refractivity contribution in [2.24, 2.45) is 0 Å². The van der Waals surface area contributed by atoms with Crippen molar-refractivity contribution in [1.29, 1.82) is 0 Å². The second-order valence-corrected chi connectivity index (χ2v) is 5.35. The summed E-state index contributed by atoms with van der Waals surface area (Å²) in [7, 11) is 0. The fraction of sp³-hybridized carbons (Fsp3) is 0.600. The predicted octanol–water partition coefficient (Wildman–Crippen LogP) is 2.69. The zero-order valence-electron chi connectivity index (χ0n) is 12.2. The Morgan fingerprint density at radius 2 is 1.75 bits per heavy atom. The van der Waals surface area contributed by atoms with Gasteiger partial charge < -0.3 is 15.0 Å². The zero-order chi connectivity index (χ0) is 14.7. The second-order valence-electron chi connectivity index (χ2n) is 5.35. The van der Waals surface area contributed by atoms with Crippen LogP contribution >= 0.6 is 0 Å². The summed E-state index contributed by atoms with van der Waals surface area (Å²) >= 11 is 0. The molecule has 0 unspecified atom stereocenters. The molecule has 5 heteroatoms. The summed E-state index contributed by atoms with van der Waals surface area (Å²) in [5.74, 6) is -1.00. The number of benzene rings is 1. The van der Waals surface area contributed by atoms with Crippen LogP contribution in [-0.2, 0) is 11.3 Å². The molecular formula is C15H22F2N2O. The minimum atomic E-state index is -0.501. The Labute approximate surface area is 118 Å². The number of ether oxygens (including phenoxy) is 1. The molecule has 0 spiro atoms. The lowest BCUT2D eigenvalue weighted by molar-refractivity contribution is -0.00558. The van der Waals surface area contributed by atoms with Crippen LogP contribution in [0.2, 0.25) is 0 Å². The quantitative estimate of drug-likeness (QED) is 0.920. The van der Waals surface area contributed by atoms with E-state index in [9.17, 15) is 8.78 Å². The van der Waals surface area contributed by atoms with Crippen LogP contribution < -0.4 is 10.2 Å². The molecular weight excluding hydrogens is 262 g/mol. The van der Waals surface area contributed by atoms with Crippen LogP contribution in [0, 0.1) is 11.6 Å². The third-order valence-electron chi connectivity index (χ3n) is 3.39. The molecule has 0 aliphatic carbocycles. The lowest BCUT2D eigenvalue weighted by Crippen LogP contribution is -2.46. The van der Waals surface area contributed by atoms with Gasteiger partial charge in [-0.2, -0.15) is 0 Å². The minimum absolute atomic E-state index is 0.0287. The number of hydrogen-bond acceptors (Lipinski definition) is 3. The SMILES string of the molecule is CCNCc1cc(F)c(N2C[C@@H](C)O[C@@H](C)C2)c(F)c1. The topological polar surface area (TPSA) is 24.5 Å². The van der Waals surface area contributed by atoms with E-state index in [0.29, 0.717) is 25.2 Å². The molecule has 20 heavy (non-hydrogen) atoms. The highest BCUT2D eigenvalue weighted by Gasteiger charge is 2.26.